The number of hydrogen-bond acceptors (Lipinski definition) is 3. The average molecular weight is 742 g/mol. The second-order valence-corrected chi connectivity index (χ2v) is 22.9. The van der Waals surface area contributed by atoms with Crippen LogP contribution in [0.3, 0.4) is 0 Å². The molecule has 3 saturated carbocycles. The minimum Gasteiger partial charge on any atom is -0.686 e. The molecule has 9 atom stereocenters. The number of unbranched alkanes of at least 4 members (excludes halogenated alkanes) is 4. The summed E-state index contributed by atoms with van der Waals surface area (Å²) in [6.07, 6.45) is 27.4. The molecule has 0 aromatic carbocycles. The third-order valence-electron chi connectivity index (χ3n) is 14.5. The molecule has 0 radical (unpaired) electrons. The summed E-state index contributed by atoms with van der Waals surface area (Å²) in [5.41, 5.74) is 2.32. The molecule has 0 N–H and O–H groups in total. The lowest BCUT2D eigenvalue weighted by atomic mass is 9.47. The van der Waals surface area contributed by atoms with Gasteiger partial charge in [-0.1, -0.05) is 131 Å². The van der Waals surface area contributed by atoms with Gasteiger partial charge in [0.15, 0.2) is 0 Å². The first-order valence-corrected chi connectivity index (χ1v) is 25.0. The molecule has 0 spiro atoms. The zero-order valence-electron chi connectivity index (χ0n) is 33.9. The van der Waals surface area contributed by atoms with E-state index in [1.807, 2.05) is 0 Å². The first kappa shape index (κ1) is 44.0. The third kappa shape index (κ3) is 12.0. The maximum Gasteiger partial charge on any atom is 0.104 e. The first-order valence-electron chi connectivity index (χ1n) is 21.4. The van der Waals surface area contributed by atoms with Gasteiger partial charge in [-0.2, -0.15) is 0 Å². The predicted molar refractivity (Wildman–Crippen MR) is 220 cm³/mol. The molecule has 4 rings (SSSR count). The molecule has 2 nitrogen and oxygen atoms in total. The fraction of sp³-hybridized carbons (Fsp3) is 0.953. The van der Waals surface area contributed by atoms with Crippen LogP contribution in [0, 0.1) is 46.3 Å². The molecule has 0 heterocycles. The Bertz CT molecular complexity index is 1010. The van der Waals surface area contributed by atoms with Crippen LogP contribution < -0.4 is 0 Å². The van der Waals surface area contributed by atoms with Crippen LogP contribution >= 0.6 is 5.78 Å². The second kappa shape index (κ2) is 20.3. The van der Waals surface area contributed by atoms with Gasteiger partial charge in [-0.3, -0.25) is 0 Å². The SMILES string of the molecule is CC(C)CCC[C@@H](C)[C@H]1CC[C@H]2[C@@H]3CC=C4C[C@@H](OP(F)(=S)[S-])CC[C@]4(C)[C@H]3CC[C@]12C.CCCC[N+](CCCC)(CCCC)CCCC. The molecule has 0 aromatic heterocycles. The van der Waals surface area contributed by atoms with Crippen molar-refractivity contribution in [1.29, 1.82) is 0 Å². The zero-order chi connectivity index (χ0) is 36.3. The molecule has 4 aliphatic rings. The van der Waals surface area contributed by atoms with Crippen molar-refractivity contribution in [1.82, 2.24) is 0 Å². The highest BCUT2D eigenvalue weighted by Gasteiger charge is 2.59. The lowest BCUT2D eigenvalue weighted by Gasteiger charge is -2.58. The highest BCUT2D eigenvalue weighted by atomic mass is 32.9. The van der Waals surface area contributed by atoms with E-state index in [0.29, 0.717) is 5.41 Å². The molecule has 288 valence electrons. The van der Waals surface area contributed by atoms with Crippen LogP contribution in [0.1, 0.15) is 184 Å². The van der Waals surface area contributed by atoms with E-state index in [9.17, 15) is 4.20 Å². The zero-order valence-corrected chi connectivity index (χ0v) is 36.4. The molecule has 49 heavy (non-hydrogen) atoms. The van der Waals surface area contributed by atoms with Crippen molar-refractivity contribution in [2.45, 2.75) is 190 Å². The fourth-order valence-corrected chi connectivity index (χ4v) is 12.8. The monoisotopic (exact) mass is 742 g/mol. The molecule has 0 aromatic rings. The van der Waals surface area contributed by atoms with Gasteiger partial charge in [0.1, 0.15) is 5.78 Å². The number of halogens is 1. The maximum atomic E-state index is 13.9. The smallest absolute Gasteiger partial charge is 0.104 e. The molecular formula is C43H81FNOPS2. The summed E-state index contributed by atoms with van der Waals surface area (Å²) < 4.78 is 20.8. The molecule has 0 amide bonds. The Morgan fingerprint density at radius 3 is 1.92 bits per heavy atom. The van der Waals surface area contributed by atoms with Crippen molar-refractivity contribution < 1.29 is 13.2 Å². The van der Waals surface area contributed by atoms with Crippen LogP contribution in [0.25, 0.3) is 0 Å². The minimum atomic E-state index is -3.50. The second-order valence-electron chi connectivity index (χ2n) is 18.3. The number of allylic oxidation sites excluding steroid dienone is 1. The number of rotatable bonds is 19. The van der Waals surface area contributed by atoms with Gasteiger partial charge in [0.2, 0.25) is 0 Å². The molecule has 6 heteroatoms. The van der Waals surface area contributed by atoms with Crippen molar-refractivity contribution >= 4 is 29.8 Å². The Morgan fingerprint density at radius 2 is 1.41 bits per heavy atom. The van der Waals surface area contributed by atoms with E-state index < -0.39 is 5.78 Å². The van der Waals surface area contributed by atoms with Crippen molar-refractivity contribution in [3.8, 4) is 0 Å². The summed E-state index contributed by atoms with van der Waals surface area (Å²) in [6.45, 7) is 27.5. The number of hydrogen-bond donors (Lipinski definition) is 0. The molecule has 3 fully saturated rings. The molecule has 0 bridgehead atoms. The summed E-state index contributed by atoms with van der Waals surface area (Å²) in [4.78, 5) is 0. The van der Waals surface area contributed by atoms with Crippen LogP contribution in [0.4, 0.5) is 4.20 Å². The van der Waals surface area contributed by atoms with Crippen molar-refractivity contribution in [2.75, 3.05) is 26.2 Å². The van der Waals surface area contributed by atoms with E-state index in [4.69, 9.17) is 28.6 Å². The highest BCUT2D eigenvalue weighted by molar-refractivity contribution is 8.51. The highest BCUT2D eigenvalue weighted by Crippen LogP contribution is 2.67. The lowest BCUT2D eigenvalue weighted by molar-refractivity contribution is -0.929. The van der Waals surface area contributed by atoms with E-state index >= 15 is 0 Å². The first-order chi connectivity index (χ1) is 23.2. The van der Waals surface area contributed by atoms with Gasteiger partial charge in [-0.25, -0.2) is 4.20 Å². The normalized spacial score (nSPS) is 33.1. The topological polar surface area (TPSA) is 9.23 Å². The summed E-state index contributed by atoms with van der Waals surface area (Å²) in [7, 11) is 0. The van der Waals surface area contributed by atoms with Gasteiger partial charge in [-0.15, -0.1) is 0 Å². The summed E-state index contributed by atoms with van der Waals surface area (Å²) in [5.74, 6) is 1.60. The quantitative estimate of drug-likeness (QED) is 0.0565. The van der Waals surface area contributed by atoms with E-state index in [1.54, 1.807) is 0 Å². The number of fused-ring (bicyclic) bond motifs is 5. The Kier molecular flexibility index (Phi) is 18.2. The third-order valence-corrected chi connectivity index (χ3v) is 15.5. The summed E-state index contributed by atoms with van der Waals surface area (Å²) in [6, 6.07) is 0. The Labute approximate surface area is 316 Å². The predicted octanol–water partition coefficient (Wildman–Crippen LogP) is 14.2. The van der Waals surface area contributed by atoms with Gasteiger partial charge in [-0.05, 0) is 123 Å². The summed E-state index contributed by atoms with van der Waals surface area (Å²) in [5, 5.41) is 0. The molecule has 1 unspecified atom stereocenters. The van der Waals surface area contributed by atoms with E-state index in [1.165, 1.54) is 139 Å². The van der Waals surface area contributed by atoms with Crippen molar-refractivity contribution in [3.05, 3.63) is 11.6 Å². The Hall–Kier alpha value is 0.590. The van der Waals surface area contributed by atoms with Crippen molar-refractivity contribution in [3.63, 3.8) is 0 Å². The van der Waals surface area contributed by atoms with Crippen LogP contribution in [-0.2, 0) is 28.6 Å². The van der Waals surface area contributed by atoms with Crippen LogP contribution in [0.2, 0.25) is 0 Å². The Morgan fingerprint density at radius 1 is 0.837 bits per heavy atom. The molecule has 4 aliphatic carbocycles. The summed E-state index contributed by atoms with van der Waals surface area (Å²) >= 11 is 9.57. The van der Waals surface area contributed by atoms with E-state index in [0.717, 1.165) is 54.8 Å². The van der Waals surface area contributed by atoms with Crippen LogP contribution in [-0.4, -0.2) is 36.8 Å². The minimum absolute atomic E-state index is 0.101. The standard InChI is InChI=1S/C27H46FOPS2.C16H36N/c1-18(2)7-6-8-19(3)23-11-12-24-22-10-9-20-17-21(29-30(28,31)32)13-15-26(20,4)25(22)14-16-27(23,24)5;1-5-9-13-17(14-10-6-2,15-11-7-3)16-12-8-4/h9,18-19,21-25H,6-8,10-17H2,1-5H3,(H,31,32);5-16H2,1-4H3/q;+1/p-1/t19-,21+,22+,23-,24+,25+,26+,27-;/m1./s1. The lowest BCUT2D eigenvalue weighted by Crippen LogP contribution is -2.50. The van der Waals surface area contributed by atoms with Gasteiger partial charge in [0.25, 0.3) is 0 Å². The maximum absolute atomic E-state index is 13.9. The van der Waals surface area contributed by atoms with Gasteiger partial charge in [0, 0.05) is 0 Å². The average Bonchev–Trinajstić information content (AvgIpc) is 3.41. The largest absolute Gasteiger partial charge is 0.686 e. The molecule has 0 aliphatic heterocycles. The van der Waals surface area contributed by atoms with E-state index in [2.05, 4.69) is 68.4 Å². The Balaban J connectivity index is 0.000000326. The van der Waals surface area contributed by atoms with Crippen molar-refractivity contribution in [2.24, 2.45) is 46.3 Å². The van der Waals surface area contributed by atoms with Gasteiger partial charge < -0.3 is 21.3 Å². The molecule has 0 saturated heterocycles. The number of nitrogens with zero attached hydrogens (tertiary/aromatic N) is 1. The molecular weight excluding hydrogens is 661 g/mol. The van der Waals surface area contributed by atoms with Crippen LogP contribution in [0.15, 0.2) is 11.6 Å². The van der Waals surface area contributed by atoms with Gasteiger partial charge in [0.05, 0.1) is 32.3 Å². The van der Waals surface area contributed by atoms with Gasteiger partial charge >= 0.3 is 0 Å². The van der Waals surface area contributed by atoms with Crippen LogP contribution in [0.5, 0.6) is 0 Å². The number of quaternary nitrogens is 1. The fourth-order valence-electron chi connectivity index (χ4n) is 11.6. The van der Waals surface area contributed by atoms with E-state index in [-0.39, 0.29) is 11.5 Å².